The van der Waals surface area contributed by atoms with Crippen LogP contribution in [-0.2, 0) is 127 Å². The molecule has 0 aromatic carbocycles. The van der Waals surface area contributed by atoms with Crippen molar-refractivity contribution in [1.29, 1.82) is 0 Å². The zero-order valence-corrected chi connectivity index (χ0v) is 76.8. The lowest BCUT2D eigenvalue weighted by Crippen LogP contribution is -2.71. The summed E-state index contributed by atoms with van der Waals surface area (Å²) in [5.74, 6) is -14.9. The lowest BCUT2D eigenvalue weighted by molar-refractivity contribution is -0.421. The first-order chi connectivity index (χ1) is 68.6. The van der Waals surface area contributed by atoms with Crippen molar-refractivity contribution in [3.8, 4) is 0 Å². The fraction of sp³-hybridized carbons (Fsp3) is 0.961. The van der Waals surface area contributed by atoms with E-state index in [9.17, 15) is 218 Å². The Kier molecular flexibility index (Phi) is 43.5. The minimum atomic E-state index is -6.09. The molecule has 0 amide bonds. The van der Waals surface area contributed by atoms with Crippen LogP contribution in [0, 0.1) is 0 Å². The van der Waals surface area contributed by atoms with Gasteiger partial charge in [-0.1, -0.05) is 0 Å². The molecule has 0 aliphatic carbocycles. The number of nitrogens with two attached hydrogens (primary N) is 3. The summed E-state index contributed by atoms with van der Waals surface area (Å²) in [6.07, 6.45) is -150. The Morgan fingerprint density at radius 2 is 0.795 bits per heavy atom. The Hall–Kier alpha value is -3.84. The van der Waals surface area contributed by atoms with Crippen LogP contribution in [0.3, 0.4) is 0 Å². The second-order valence-electron chi connectivity index (χ2n) is 36.2. The minimum Gasteiger partial charge on any atom is -0.479 e. The minimum absolute atomic E-state index is 0.636. The maximum absolute atomic E-state index is 14.5. The summed E-state index contributed by atoms with van der Waals surface area (Å²) in [4.78, 5) is 53.0. The summed E-state index contributed by atoms with van der Waals surface area (Å²) in [6, 6.07) is -3.45. The van der Waals surface area contributed by atoms with Crippen LogP contribution in [0.2, 0.25) is 0 Å². The molecule has 45 N–H and O–H groups in total. The molecule has 0 aromatic rings. The largest absolute Gasteiger partial charge is 0.479 e. The first-order valence-electron chi connectivity index (χ1n) is 45.2. The smallest absolute Gasteiger partial charge is 0.472 e. The molecule has 146 heavy (non-hydrogen) atoms. The van der Waals surface area contributed by atoms with Gasteiger partial charge in [-0.25, -0.2) is 18.9 Å². The molecule has 11 rings (SSSR count). The fourth-order valence-corrected chi connectivity index (χ4v) is 18.9. The molecular formula is C76H130N3O66P. The van der Waals surface area contributed by atoms with Gasteiger partial charge in [-0.3, -0.25) is 9.05 Å². The van der Waals surface area contributed by atoms with Crippen LogP contribution in [0.25, 0.3) is 0 Å². The van der Waals surface area contributed by atoms with Crippen molar-refractivity contribution in [3.05, 3.63) is 0 Å². The Balaban J connectivity index is 1.12. The molecule has 850 valence electrons. The van der Waals surface area contributed by atoms with Gasteiger partial charge >= 0.3 is 25.7 Å². The number of hydrogen-bond donors (Lipinski definition) is 42. The normalized spacial score (nSPS) is 48.3. The third-order valence-corrected chi connectivity index (χ3v) is 27.2. The van der Waals surface area contributed by atoms with Gasteiger partial charge in [0, 0.05) is 19.4 Å². The van der Waals surface area contributed by atoms with Gasteiger partial charge in [-0.15, -0.1) is 0 Å². The highest BCUT2D eigenvalue weighted by Gasteiger charge is 2.67. The van der Waals surface area contributed by atoms with Crippen molar-refractivity contribution in [2.45, 2.75) is 374 Å². The molecule has 60 atom stereocenters. The van der Waals surface area contributed by atoms with E-state index < -0.39 is 479 Å². The molecule has 11 saturated heterocycles. The van der Waals surface area contributed by atoms with Crippen LogP contribution in [-0.4, -0.2) is 657 Å². The van der Waals surface area contributed by atoms with Crippen molar-refractivity contribution < 1.29 is 326 Å². The number of hydrogen-bond acceptors (Lipinski definition) is 65. The van der Waals surface area contributed by atoms with E-state index in [0.717, 1.165) is 0 Å². The van der Waals surface area contributed by atoms with E-state index in [2.05, 4.69) is 0 Å². The Morgan fingerprint density at radius 3 is 1.34 bits per heavy atom. The highest BCUT2D eigenvalue weighted by atomic mass is 31.2. The van der Waals surface area contributed by atoms with Gasteiger partial charge in [0.15, 0.2) is 62.7 Å². The van der Waals surface area contributed by atoms with Crippen LogP contribution in [0.15, 0.2) is 0 Å². The summed E-state index contributed by atoms with van der Waals surface area (Å²) >= 11 is 0. The molecule has 1 unspecified atom stereocenters. The van der Waals surface area contributed by atoms with Crippen LogP contribution >= 0.6 is 7.82 Å². The van der Waals surface area contributed by atoms with E-state index in [1.165, 1.54) is 0 Å². The van der Waals surface area contributed by atoms with Crippen LogP contribution in [0.1, 0.15) is 12.8 Å². The second-order valence-corrected chi connectivity index (χ2v) is 37.6. The summed E-state index contributed by atoms with van der Waals surface area (Å²) in [5.41, 5.74) is 17.7. The molecule has 70 heteroatoms. The van der Waals surface area contributed by atoms with Gasteiger partial charge in [-0.05, 0) is 0 Å². The van der Waals surface area contributed by atoms with Crippen LogP contribution in [0.4, 0.5) is 0 Å². The van der Waals surface area contributed by atoms with E-state index in [1.807, 2.05) is 0 Å². The van der Waals surface area contributed by atoms with Crippen molar-refractivity contribution >= 4 is 25.7 Å². The second kappa shape index (κ2) is 51.9. The number of phosphoric ester groups is 1. The lowest BCUT2D eigenvalue weighted by Gasteiger charge is -2.53. The molecule has 11 heterocycles. The first kappa shape index (κ1) is 122. The number of phosphoric acid groups is 1. The topological polar surface area (TPSA) is 1150 Å². The molecule has 11 fully saturated rings. The third-order valence-electron chi connectivity index (χ3n) is 26.1. The summed E-state index contributed by atoms with van der Waals surface area (Å²) in [5, 5.41) is 430. The zero-order chi connectivity index (χ0) is 108. The molecule has 0 radical (unpaired) electrons. The molecule has 11 aliphatic rings. The quantitative estimate of drug-likeness (QED) is 0.0252. The van der Waals surface area contributed by atoms with E-state index in [-0.39, 0.29) is 0 Å². The van der Waals surface area contributed by atoms with Gasteiger partial charge in [0.1, 0.15) is 262 Å². The van der Waals surface area contributed by atoms with E-state index >= 15 is 0 Å². The Morgan fingerprint density at radius 1 is 0.370 bits per heavy atom. The predicted octanol–water partition coefficient (Wildman–Crippen LogP) is -27.7. The van der Waals surface area contributed by atoms with Crippen LogP contribution < -0.4 is 17.2 Å². The predicted molar refractivity (Wildman–Crippen MR) is 437 cm³/mol. The van der Waals surface area contributed by atoms with E-state index in [4.69, 9.17) is 126 Å². The van der Waals surface area contributed by atoms with Crippen molar-refractivity contribution in [1.82, 2.24) is 0 Å². The summed E-state index contributed by atoms with van der Waals surface area (Å²) in [6.45, 7) is -15.4. The number of carbonyl (C=O) groups is 3. The van der Waals surface area contributed by atoms with Crippen molar-refractivity contribution in [2.24, 2.45) is 17.2 Å². The van der Waals surface area contributed by atoms with Crippen molar-refractivity contribution in [3.63, 3.8) is 0 Å². The average molecular weight is 2170 g/mol. The standard InChI is InChI=1S/C76H130N3O66P/c77-1-2-126-146(121,122)145-26(14-125-66-41(107)34(100)36(102)48(129-66)17(88)5-80)54-44(110)56(135-72-60(45(111)57(62(141-72)63(114)115)136-64-27(79)32(98)30(96)24(10-85)127-64)139-71-59(39(105)38(104)50(131-71)19(90)7-82)138-68-43(109)35(101)37(103)49(130-68)18(89)6-81)46(112)69(133-54)137-58-47(113)70(132-52(21(92)9-84)61(58)140-67-42(108)33(99)31(97)25(11-86)128-67)134-55-23(142-76(74(118)119)3-16(87)29(95)51(144-76)20(91)8-83)4-75(120,73(116)117)143-53(55)22(93)13-124-65-40(106)28(94)15(78)12-123-65/h15-62,64-72,80-113,120H,1-14,77-79H2,(H,114,115)(H,116,117)(H,118,119)(H,121,122)/t15-,16+,17-,18-,19+,20+,21-,22+,23+,24+,25+,26-,27+,28-,29+,30-,31+,32+,33-,34-,35-,36-,37-,38-,39-,40+,41-,42+,43-,44+,45-,46-,47-,48+,49+,50+,51+,52+,53+,54+,55+,56-,57+,58+,59-,60+,61+,62-,64+,65+,66-,67-,68+,69+,70+,71+,72-,75+,76+/m0/s1. The Labute approximate surface area is 820 Å². The summed E-state index contributed by atoms with van der Waals surface area (Å²) < 4.78 is 148. The van der Waals surface area contributed by atoms with Crippen LogP contribution in [0.5, 0.6) is 0 Å². The molecular weight excluding hydrogens is 2040 g/mol. The number of aliphatic hydroxyl groups is 35. The van der Waals surface area contributed by atoms with Crippen molar-refractivity contribution in [2.75, 3.05) is 79.2 Å². The highest BCUT2D eigenvalue weighted by Crippen LogP contribution is 2.50. The first-order valence-corrected chi connectivity index (χ1v) is 46.7. The molecule has 69 nitrogen and oxygen atoms in total. The molecule has 11 aliphatic heterocycles. The van der Waals surface area contributed by atoms with Gasteiger partial charge in [0.05, 0.1) is 97.0 Å². The number of aliphatic carboxylic acids is 3. The monoisotopic (exact) mass is 2170 g/mol. The number of carboxylic acid groups (broad SMARTS) is 3. The number of rotatable bonds is 44. The number of aliphatic hydroxyl groups excluding tert-OH is 34. The molecule has 0 spiro atoms. The molecule has 0 saturated carbocycles. The molecule has 0 aromatic heterocycles. The summed E-state index contributed by atoms with van der Waals surface area (Å²) in [7, 11) is -6.09. The van der Waals surface area contributed by atoms with Gasteiger partial charge in [-0.2, -0.15) is 0 Å². The maximum Gasteiger partial charge on any atom is 0.472 e. The Bertz CT molecular complexity index is 4090. The fourth-order valence-electron chi connectivity index (χ4n) is 17.9. The zero-order valence-electron chi connectivity index (χ0n) is 76.0. The van der Waals surface area contributed by atoms with Gasteiger partial charge < -0.3 is 316 Å². The SMILES string of the molecule is NCCOP(=O)(O)O[C@@H](CO[C@H]1O[C@H]([C@@H](O)CO)[C@@H](O)[C@H](O)[C@@H]1O)[C@H]1O[C@H](O[C@@H]2[C@H](O)[C@@H](O[C@H]3[C@@H]([C@H](O)CO[C@H]4OC[C@H](N)[C@H](O)[C@H]4O)O[C@@](O)(C(=O)O)C[C@H]3O[C@]3(C(=O)O)C[C@@H](O)[C@@H](O)[C@@H]([C@H](O)CO)O3)O[C@H]([C@@H](O)CO)[C@H]2O[C@@H]2O[C@H](CO)[C@@H](O)[C@H](O)[C@H]2O)[C@@H](O)[C@@H](O[C@H]2O[C@H](C(=O)O)[C@H](O[C@H]3O[C@H](CO)[C@H](O)[C@H](O)[C@H]3N)[C@H](O)[C@H]2O[C@H]2O[C@H]([C@H](O)CO)[C@@H](O)[C@H](O)[C@@H]2O[C@H]2O[C@H]([C@@H](O)CO)[C@@H](O)[C@H](O)[C@@H]2O)[C@@H]1O. The molecule has 0 bridgehead atoms. The van der Waals surface area contributed by atoms with E-state index in [1.54, 1.807) is 0 Å². The third kappa shape index (κ3) is 26.5. The maximum atomic E-state index is 14.5. The van der Waals surface area contributed by atoms with Gasteiger partial charge in [0.25, 0.3) is 11.6 Å². The average Bonchev–Trinajstić information content (AvgIpc) is 0.743. The number of carboxylic acids is 3. The lowest BCUT2D eigenvalue weighted by atomic mass is 9.89. The van der Waals surface area contributed by atoms with Gasteiger partial charge in [0.2, 0.25) is 0 Å². The number of ether oxygens (including phenoxy) is 21. The highest BCUT2D eigenvalue weighted by molar-refractivity contribution is 7.47. The van der Waals surface area contributed by atoms with E-state index in [0.29, 0.717) is 0 Å².